The van der Waals surface area contributed by atoms with Crippen LogP contribution in [0.15, 0.2) is 18.2 Å². The molecule has 1 heterocycles. The topological polar surface area (TPSA) is 58.6 Å². The number of hydrogen-bond acceptors (Lipinski definition) is 4. The summed E-state index contributed by atoms with van der Waals surface area (Å²) in [6.07, 6.45) is 0.166. The van der Waals surface area contributed by atoms with E-state index in [0.717, 1.165) is 4.90 Å². The van der Waals surface area contributed by atoms with Crippen LogP contribution < -0.4 is 10.1 Å². The van der Waals surface area contributed by atoms with Crippen molar-refractivity contribution >= 4 is 29.1 Å². The second-order valence-corrected chi connectivity index (χ2v) is 4.45. The number of rotatable bonds is 3. The summed E-state index contributed by atoms with van der Waals surface area (Å²) < 4.78 is 5.04. The zero-order valence-electron chi connectivity index (χ0n) is 10.1. The van der Waals surface area contributed by atoms with Crippen molar-refractivity contribution in [2.45, 2.75) is 12.5 Å². The molecule has 18 heavy (non-hydrogen) atoms. The van der Waals surface area contributed by atoms with E-state index >= 15 is 0 Å². The molecule has 0 radical (unpaired) electrons. The fourth-order valence-corrected chi connectivity index (χ4v) is 2.08. The van der Waals surface area contributed by atoms with E-state index in [0.29, 0.717) is 16.5 Å². The van der Waals surface area contributed by atoms with Gasteiger partial charge in [0.25, 0.3) is 5.91 Å². The van der Waals surface area contributed by atoms with Crippen LogP contribution in [0, 0.1) is 0 Å². The maximum atomic E-state index is 11.7. The number of carbonyl (C=O) groups is 2. The first-order valence-electron chi connectivity index (χ1n) is 5.43. The number of methoxy groups -OCH3 is 1. The van der Waals surface area contributed by atoms with Gasteiger partial charge in [0.05, 0.1) is 18.6 Å². The van der Waals surface area contributed by atoms with Crippen molar-refractivity contribution in [1.82, 2.24) is 4.90 Å². The van der Waals surface area contributed by atoms with Crippen LogP contribution in [0.5, 0.6) is 5.75 Å². The number of imide groups is 1. The van der Waals surface area contributed by atoms with E-state index in [1.807, 2.05) is 0 Å². The molecule has 0 spiro atoms. The van der Waals surface area contributed by atoms with E-state index in [1.54, 1.807) is 18.2 Å². The third-order valence-electron chi connectivity index (χ3n) is 2.87. The molecule has 0 bridgehead atoms. The molecule has 1 N–H and O–H groups in total. The predicted octanol–water partition coefficient (Wildman–Crippen LogP) is 1.52. The van der Waals surface area contributed by atoms with E-state index in [2.05, 4.69) is 5.32 Å². The molecule has 1 aromatic rings. The van der Waals surface area contributed by atoms with E-state index in [1.165, 1.54) is 14.2 Å². The van der Waals surface area contributed by atoms with Crippen molar-refractivity contribution in [2.75, 3.05) is 19.5 Å². The quantitative estimate of drug-likeness (QED) is 0.845. The maximum Gasteiger partial charge on any atom is 0.251 e. The SMILES string of the molecule is COc1ccc(N[C@H]2CC(=O)N(C)C2=O)cc1Cl. The molecule has 1 atom stereocenters. The molecule has 1 aliphatic rings. The third kappa shape index (κ3) is 2.26. The lowest BCUT2D eigenvalue weighted by Crippen LogP contribution is -2.31. The first-order valence-corrected chi connectivity index (χ1v) is 5.81. The van der Waals surface area contributed by atoms with E-state index < -0.39 is 6.04 Å². The Kier molecular flexibility index (Phi) is 3.43. The van der Waals surface area contributed by atoms with Gasteiger partial charge in [0.2, 0.25) is 5.91 Å². The number of anilines is 1. The summed E-state index contributed by atoms with van der Waals surface area (Å²) in [5.74, 6) is 0.150. The van der Waals surface area contributed by atoms with Gasteiger partial charge < -0.3 is 10.1 Å². The molecule has 96 valence electrons. The molecule has 1 aromatic carbocycles. The van der Waals surface area contributed by atoms with Gasteiger partial charge in [-0.1, -0.05) is 11.6 Å². The van der Waals surface area contributed by atoms with Gasteiger partial charge in [0.15, 0.2) is 0 Å². The van der Waals surface area contributed by atoms with Crippen LogP contribution in [0.2, 0.25) is 5.02 Å². The summed E-state index contributed by atoms with van der Waals surface area (Å²) >= 11 is 5.98. The smallest absolute Gasteiger partial charge is 0.251 e. The number of likely N-dealkylation sites (N-methyl/N-ethyl adjacent to an activating group) is 1. The summed E-state index contributed by atoms with van der Waals surface area (Å²) in [6.45, 7) is 0. The fourth-order valence-electron chi connectivity index (χ4n) is 1.83. The number of hydrogen-bond donors (Lipinski definition) is 1. The molecule has 6 heteroatoms. The molecular weight excluding hydrogens is 256 g/mol. The molecule has 0 aliphatic carbocycles. The van der Waals surface area contributed by atoms with Crippen LogP contribution in [-0.4, -0.2) is 36.9 Å². The Labute approximate surface area is 110 Å². The summed E-state index contributed by atoms with van der Waals surface area (Å²) in [5.41, 5.74) is 0.683. The highest BCUT2D eigenvalue weighted by atomic mass is 35.5. The van der Waals surface area contributed by atoms with Crippen LogP contribution in [0.4, 0.5) is 5.69 Å². The number of ether oxygens (including phenoxy) is 1. The Bertz CT molecular complexity index is 504. The van der Waals surface area contributed by atoms with Gasteiger partial charge in [-0.15, -0.1) is 0 Å². The van der Waals surface area contributed by atoms with Gasteiger partial charge in [-0.3, -0.25) is 14.5 Å². The lowest BCUT2D eigenvalue weighted by molar-refractivity contribution is -0.136. The third-order valence-corrected chi connectivity index (χ3v) is 3.17. The maximum absolute atomic E-state index is 11.7. The molecule has 1 fully saturated rings. The standard InChI is InChI=1S/C12H13ClN2O3/c1-15-11(16)6-9(12(15)17)14-7-3-4-10(18-2)8(13)5-7/h3-5,9,14H,6H2,1-2H3/t9-/m0/s1. The lowest BCUT2D eigenvalue weighted by Gasteiger charge is -2.13. The number of nitrogens with one attached hydrogen (secondary N) is 1. The van der Waals surface area contributed by atoms with E-state index in [9.17, 15) is 9.59 Å². The highest BCUT2D eigenvalue weighted by Gasteiger charge is 2.35. The van der Waals surface area contributed by atoms with Crippen molar-refractivity contribution in [2.24, 2.45) is 0 Å². The van der Waals surface area contributed by atoms with Gasteiger partial charge in [-0.2, -0.15) is 0 Å². The zero-order chi connectivity index (χ0) is 13.3. The van der Waals surface area contributed by atoms with Crippen LogP contribution in [-0.2, 0) is 9.59 Å². The number of halogens is 1. The minimum atomic E-state index is -0.521. The van der Waals surface area contributed by atoms with Gasteiger partial charge in [-0.05, 0) is 18.2 Å². The minimum absolute atomic E-state index is 0.166. The van der Waals surface area contributed by atoms with Crippen LogP contribution >= 0.6 is 11.6 Å². The fraction of sp³-hybridized carbons (Fsp3) is 0.333. The first-order chi connectivity index (χ1) is 8.52. The van der Waals surface area contributed by atoms with Crippen molar-refractivity contribution in [3.8, 4) is 5.75 Å². The summed E-state index contributed by atoms with van der Waals surface area (Å²) in [5, 5.41) is 3.44. The van der Waals surface area contributed by atoms with Crippen LogP contribution in [0.1, 0.15) is 6.42 Å². The lowest BCUT2D eigenvalue weighted by atomic mass is 10.2. The van der Waals surface area contributed by atoms with Crippen LogP contribution in [0.25, 0.3) is 0 Å². The summed E-state index contributed by atoms with van der Waals surface area (Å²) in [4.78, 5) is 24.2. The monoisotopic (exact) mass is 268 g/mol. The predicted molar refractivity (Wildman–Crippen MR) is 67.8 cm³/mol. The van der Waals surface area contributed by atoms with Crippen molar-refractivity contribution in [1.29, 1.82) is 0 Å². The highest BCUT2D eigenvalue weighted by Crippen LogP contribution is 2.28. The molecule has 1 saturated heterocycles. The van der Waals surface area contributed by atoms with Crippen molar-refractivity contribution in [3.63, 3.8) is 0 Å². The molecule has 5 nitrogen and oxygen atoms in total. The van der Waals surface area contributed by atoms with Gasteiger partial charge >= 0.3 is 0 Å². The van der Waals surface area contributed by atoms with E-state index in [-0.39, 0.29) is 18.2 Å². The number of nitrogens with zero attached hydrogens (tertiary/aromatic N) is 1. The second kappa shape index (κ2) is 4.86. The Hall–Kier alpha value is -1.75. The average Bonchev–Trinajstić information content (AvgIpc) is 2.57. The van der Waals surface area contributed by atoms with Gasteiger partial charge in [0.1, 0.15) is 11.8 Å². The molecule has 0 saturated carbocycles. The Morgan fingerprint density at radius 3 is 2.67 bits per heavy atom. The van der Waals surface area contributed by atoms with Crippen molar-refractivity contribution < 1.29 is 14.3 Å². The molecule has 2 amide bonds. The number of amides is 2. The molecule has 2 rings (SSSR count). The molecular formula is C12H13ClN2O3. The molecule has 1 aliphatic heterocycles. The Balaban J connectivity index is 2.13. The Morgan fingerprint density at radius 2 is 2.17 bits per heavy atom. The zero-order valence-corrected chi connectivity index (χ0v) is 10.8. The van der Waals surface area contributed by atoms with Crippen molar-refractivity contribution in [3.05, 3.63) is 23.2 Å². The first kappa shape index (κ1) is 12.7. The Morgan fingerprint density at radius 1 is 1.44 bits per heavy atom. The minimum Gasteiger partial charge on any atom is -0.495 e. The average molecular weight is 269 g/mol. The number of carbonyl (C=O) groups excluding carboxylic acids is 2. The number of benzene rings is 1. The highest BCUT2D eigenvalue weighted by molar-refractivity contribution is 6.32. The largest absolute Gasteiger partial charge is 0.495 e. The number of likely N-dealkylation sites (tertiary alicyclic amines) is 1. The molecule has 0 aromatic heterocycles. The second-order valence-electron chi connectivity index (χ2n) is 4.04. The van der Waals surface area contributed by atoms with Gasteiger partial charge in [0, 0.05) is 12.7 Å². The molecule has 0 unspecified atom stereocenters. The summed E-state index contributed by atoms with van der Waals surface area (Å²) in [6, 6.07) is 4.60. The van der Waals surface area contributed by atoms with E-state index in [4.69, 9.17) is 16.3 Å². The normalized spacial score (nSPS) is 19.3. The summed E-state index contributed by atoms with van der Waals surface area (Å²) in [7, 11) is 3.01. The van der Waals surface area contributed by atoms with Gasteiger partial charge in [-0.25, -0.2) is 0 Å². The van der Waals surface area contributed by atoms with Crippen LogP contribution in [0.3, 0.4) is 0 Å².